The fourth-order valence-corrected chi connectivity index (χ4v) is 2.46. The first-order valence-electron chi connectivity index (χ1n) is 5.49. The number of ether oxygens (including phenoxy) is 4. The van der Waals surface area contributed by atoms with E-state index in [1.165, 1.54) is 0 Å². The molecule has 0 aliphatic carbocycles. The van der Waals surface area contributed by atoms with Crippen molar-refractivity contribution in [1.29, 1.82) is 0 Å². The van der Waals surface area contributed by atoms with E-state index in [-0.39, 0.29) is 5.92 Å². The van der Waals surface area contributed by atoms with Gasteiger partial charge in [-0.1, -0.05) is 6.07 Å². The minimum atomic E-state index is -0.744. The summed E-state index contributed by atoms with van der Waals surface area (Å²) >= 11 is 0. The molecule has 5 heteroatoms. The van der Waals surface area contributed by atoms with Gasteiger partial charge in [0.1, 0.15) is 0 Å². The summed E-state index contributed by atoms with van der Waals surface area (Å²) in [6.07, 6.45) is -0.611. The zero-order chi connectivity index (χ0) is 12.0. The lowest BCUT2D eigenvalue weighted by atomic mass is 9.98. The van der Waals surface area contributed by atoms with E-state index in [0.29, 0.717) is 23.7 Å². The second-order valence-corrected chi connectivity index (χ2v) is 4.14. The Hall–Kier alpha value is -1.46. The molecule has 2 heterocycles. The van der Waals surface area contributed by atoms with E-state index >= 15 is 0 Å². The van der Waals surface area contributed by atoms with Gasteiger partial charge in [-0.2, -0.15) is 0 Å². The Labute approximate surface area is 98.9 Å². The quantitative estimate of drug-likeness (QED) is 0.840. The van der Waals surface area contributed by atoms with Crippen molar-refractivity contribution in [3.8, 4) is 17.2 Å². The van der Waals surface area contributed by atoms with Crippen molar-refractivity contribution in [1.82, 2.24) is 0 Å². The highest BCUT2D eigenvalue weighted by molar-refractivity contribution is 5.59. The van der Waals surface area contributed by atoms with Crippen molar-refractivity contribution in [3.05, 3.63) is 17.7 Å². The molecule has 0 aromatic heterocycles. The minimum absolute atomic E-state index is 0.0693. The number of aliphatic hydroxyl groups excluding tert-OH is 1. The van der Waals surface area contributed by atoms with Gasteiger partial charge in [-0.05, 0) is 6.07 Å². The monoisotopic (exact) mass is 238 g/mol. The van der Waals surface area contributed by atoms with Crippen LogP contribution in [-0.2, 0) is 4.74 Å². The first-order valence-corrected chi connectivity index (χ1v) is 5.49. The molecule has 1 fully saturated rings. The van der Waals surface area contributed by atoms with Gasteiger partial charge in [-0.3, -0.25) is 0 Å². The molecule has 0 bridgehead atoms. The third kappa shape index (κ3) is 1.46. The molecule has 1 saturated heterocycles. The third-order valence-electron chi connectivity index (χ3n) is 3.24. The molecule has 3 unspecified atom stereocenters. The van der Waals surface area contributed by atoms with Gasteiger partial charge in [0.25, 0.3) is 0 Å². The van der Waals surface area contributed by atoms with E-state index in [2.05, 4.69) is 0 Å². The summed E-state index contributed by atoms with van der Waals surface area (Å²) in [6, 6.07) is 3.77. The van der Waals surface area contributed by atoms with Gasteiger partial charge in [0.15, 0.2) is 17.8 Å². The summed E-state index contributed by atoms with van der Waals surface area (Å²) in [5.41, 5.74) is 1.00. The molecule has 0 spiro atoms. The van der Waals surface area contributed by atoms with Gasteiger partial charge in [0.2, 0.25) is 12.0 Å². The highest BCUT2D eigenvalue weighted by Gasteiger charge is 2.45. The van der Waals surface area contributed by atoms with Gasteiger partial charge in [0.05, 0.1) is 20.1 Å². The molecule has 2 aliphatic rings. The van der Waals surface area contributed by atoms with Crippen LogP contribution >= 0.6 is 0 Å². The van der Waals surface area contributed by atoms with Crippen LogP contribution in [0.25, 0.3) is 0 Å². The number of aliphatic hydroxyl groups is 1. The van der Waals surface area contributed by atoms with Crippen LogP contribution in [0.1, 0.15) is 17.9 Å². The average Bonchev–Trinajstić information content (AvgIpc) is 2.83. The lowest BCUT2D eigenvalue weighted by molar-refractivity contribution is -0.147. The van der Waals surface area contributed by atoms with E-state index < -0.39 is 12.6 Å². The first kappa shape index (κ1) is 10.7. The molecule has 5 nitrogen and oxygen atoms in total. The summed E-state index contributed by atoms with van der Waals surface area (Å²) in [5.74, 6) is 1.94. The third-order valence-corrected chi connectivity index (χ3v) is 3.24. The van der Waals surface area contributed by atoms with Gasteiger partial charge < -0.3 is 24.1 Å². The maximum atomic E-state index is 9.43. The predicted octanol–water partition coefficient (Wildman–Crippen LogP) is 1.24. The Bertz CT molecular complexity index is 445. The molecule has 17 heavy (non-hydrogen) atoms. The van der Waals surface area contributed by atoms with Crippen LogP contribution in [-0.4, -0.2) is 31.9 Å². The second-order valence-electron chi connectivity index (χ2n) is 4.14. The minimum Gasteiger partial charge on any atom is -0.493 e. The SMILES string of the molecule is COc1ccc2c(c1OC)OC1OC(O)CC21. The van der Waals surface area contributed by atoms with Crippen molar-refractivity contribution in [2.45, 2.75) is 24.9 Å². The maximum absolute atomic E-state index is 9.43. The number of methoxy groups -OCH3 is 2. The molecule has 2 aliphatic heterocycles. The lowest BCUT2D eigenvalue weighted by Crippen LogP contribution is -2.16. The largest absolute Gasteiger partial charge is 0.493 e. The topological polar surface area (TPSA) is 57.2 Å². The Morgan fingerprint density at radius 3 is 2.82 bits per heavy atom. The van der Waals surface area contributed by atoms with Crippen LogP contribution < -0.4 is 14.2 Å². The number of rotatable bonds is 2. The highest BCUT2D eigenvalue weighted by atomic mass is 16.7. The summed E-state index contributed by atoms with van der Waals surface area (Å²) in [6.45, 7) is 0. The van der Waals surface area contributed by atoms with Gasteiger partial charge in [-0.25, -0.2) is 0 Å². The number of hydrogen-bond acceptors (Lipinski definition) is 5. The molecule has 3 atom stereocenters. The molecule has 3 rings (SSSR count). The molecule has 1 N–H and O–H groups in total. The average molecular weight is 238 g/mol. The molecule has 1 aromatic carbocycles. The van der Waals surface area contributed by atoms with E-state index in [9.17, 15) is 5.11 Å². The smallest absolute Gasteiger partial charge is 0.209 e. The molecular formula is C12H14O5. The molecule has 0 amide bonds. The van der Waals surface area contributed by atoms with Crippen LogP contribution in [0.3, 0.4) is 0 Å². The molecule has 92 valence electrons. The predicted molar refractivity (Wildman–Crippen MR) is 58.4 cm³/mol. The number of hydrogen-bond donors (Lipinski definition) is 1. The van der Waals surface area contributed by atoms with E-state index in [4.69, 9.17) is 18.9 Å². The summed E-state index contributed by atoms with van der Waals surface area (Å²) in [7, 11) is 3.16. The summed E-state index contributed by atoms with van der Waals surface area (Å²) in [4.78, 5) is 0. The molecule has 0 saturated carbocycles. The number of fused-ring (bicyclic) bond motifs is 3. The second kappa shape index (κ2) is 3.78. The van der Waals surface area contributed by atoms with E-state index in [0.717, 1.165) is 5.56 Å². The lowest BCUT2D eigenvalue weighted by Gasteiger charge is -2.13. The Kier molecular flexibility index (Phi) is 2.38. The highest BCUT2D eigenvalue weighted by Crippen LogP contribution is 2.52. The molecule has 1 aromatic rings. The molecule has 0 radical (unpaired) electrons. The van der Waals surface area contributed by atoms with Crippen molar-refractivity contribution in [2.75, 3.05) is 14.2 Å². The standard InChI is InChI=1S/C12H14O5/c1-14-8-4-3-6-7-5-9(13)16-12(7)17-10(6)11(8)15-2/h3-4,7,9,12-13H,5H2,1-2H3. The molecular weight excluding hydrogens is 224 g/mol. The number of benzene rings is 1. The first-order chi connectivity index (χ1) is 8.24. The van der Waals surface area contributed by atoms with Crippen molar-refractivity contribution in [3.63, 3.8) is 0 Å². The van der Waals surface area contributed by atoms with Crippen molar-refractivity contribution in [2.24, 2.45) is 0 Å². The van der Waals surface area contributed by atoms with Crippen LogP contribution in [0.15, 0.2) is 12.1 Å². The maximum Gasteiger partial charge on any atom is 0.209 e. The van der Waals surface area contributed by atoms with Crippen LogP contribution in [0.2, 0.25) is 0 Å². The summed E-state index contributed by atoms with van der Waals surface area (Å²) in [5, 5.41) is 9.43. The van der Waals surface area contributed by atoms with Crippen molar-refractivity contribution < 1.29 is 24.1 Å². The zero-order valence-electron chi connectivity index (χ0n) is 9.67. The van der Waals surface area contributed by atoms with Crippen LogP contribution in [0.5, 0.6) is 17.2 Å². The fraction of sp³-hybridized carbons (Fsp3) is 0.500. The van der Waals surface area contributed by atoms with Crippen LogP contribution in [0, 0.1) is 0 Å². The Balaban J connectivity index is 2.05. The Morgan fingerprint density at radius 2 is 2.12 bits per heavy atom. The fourth-order valence-electron chi connectivity index (χ4n) is 2.46. The normalized spacial score (nSPS) is 29.5. The summed E-state index contributed by atoms with van der Waals surface area (Å²) < 4.78 is 21.5. The van der Waals surface area contributed by atoms with Crippen LogP contribution in [0.4, 0.5) is 0 Å². The zero-order valence-corrected chi connectivity index (χ0v) is 9.67. The van der Waals surface area contributed by atoms with E-state index in [1.54, 1.807) is 14.2 Å². The van der Waals surface area contributed by atoms with E-state index in [1.807, 2.05) is 12.1 Å². The van der Waals surface area contributed by atoms with Gasteiger partial charge in [0, 0.05) is 12.0 Å². The Morgan fingerprint density at radius 1 is 1.29 bits per heavy atom. The van der Waals surface area contributed by atoms with Gasteiger partial charge in [-0.15, -0.1) is 0 Å². The van der Waals surface area contributed by atoms with Crippen molar-refractivity contribution >= 4 is 0 Å². The van der Waals surface area contributed by atoms with Gasteiger partial charge >= 0.3 is 0 Å².